The maximum atomic E-state index is 5.24. The van der Waals surface area contributed by atoms with Crippen LogP contribution in [-0.4, -0.2) is 13.1 Å². The normalized spacial score (nSPS) is 17.2. The molecule has 1 aliphatic rings. The zero-order valence-corrected chi connectivity index (χ0v) is 7.96. The standard InChI is InChI=1S/C11H17NO/c1-3-10(4-1)9-12-7-6-11-5-2-8-13-11/h2,5,8,10,12H,1,3-4,6-7,9H2. The van der Waals surface area contributed by atoms with E-state index < -0.39 is 0 Å². The first-order valence-electron chi connectivity index (χ1n) is 5.18. The molecule has 1 saturated carbocycles. The second kappa shape index (κ2) is 4.47. The van der Waals surface area contributed by atoms with E-state index in [0.717, 1.165) is 24.6 Å². The minimum atomic E-state index is 0.955. The highest BCUT2D eigenvalue weighted by Gasteiger charge is 2.15. The molecule has 1 fully saturated rings. The Hall–Kier alpha value is -0.760. The van der Waals surface area contributed by atoms with Gasteiger partial charge < -0.3 is 9.73 Å². The van der Waals surface area contributed by atoms with E-state index in [4.69, 9.17) is 4.42 Å². The van der Waals surface area contributed by atoms with Gasteiger partial charge in [0.05, 0.1) is 6.26 Å². The molecular weight excluding hydrogens is 162 g/mol. The second-order valence-electron chi connectivity index (χ2n) is 3.83. The summed E-state index contributed by atoms with van der Waals surface area (Å²) < 4.78 is 5.24. The molecule has 13 heavy (non-hydrogen) atoms. The van der Waals surface area contributed by atoms with Crippen LogP contribution in [-0.2, 0) is 6.42 Å². The van der Waals surface area contributed by atoms with Crippen LogP contribution in [0.5, 0.6) is 0 Å². The number of rotatable bonds is 5. The van der Waals surface area contributed by atoms with E-state index in [0.29, 0.717) is 0 Å². The maximum Gasteiger partial charge on any atom is 0.105 e. The van der Waals surface area contributed by atoms with Crippen LogP contribution < -0.4 is 5.32 Å². The molecule has 0 amide bonds. The molecule has 0 aromatic carbocycles. The van der Waals surface area contributed by atoms with Gasteiger partial charge in [0.15, 0.2) is 0 Å². The predicted octanol–water partition coefficient (Wildman–Crippen LogP) is 2.21. The van der Waals surface area contributed by atoms with Gasteiger partial charge in [0.25, 0.3) is 0 Å². The number of nitrogens with one attached hydrogen (secondary N) is 1. The molecule has 1 aliphatic carbocycles. The molecule has 0 radical (unpaired) electrons. The lowest BCUT2D eigenvalue weighted by Gasteiger charge is -2.25. The van der Waals surface area contributed by atoms with Gasteiger partial charge in [-0.05, 0) is 37.4 Å². The zero-order valence-electron chi connectivity index (χ0n) is 7.96. The molecule has 0 unspecified atom stereocenters. The van der Waals surface area contributed by atoms with Crippen LogP contribution in [0.25, 0.3) is 0 Å². The van der Waals surface area contributed by atoms with Crippen molar-refractivity contribution in [3.63, 3.8) is 0 Å². The summed E-state index contributed by atoms with van der Waals surface area (Å²) >= 11 is 0. The first-order chi connectivity index (χ1) is 6.45. The lowest BCUT2D eigenvalue weighted by atomic mass is 9.85. The summed E-state index contributed by atoms with van der Waals surface area (Å²) in [5, 5.41) is 3.47. The van der Waals surface area contributed by atoms with Crippen molar-refractivity contribution in [1.29, 1.82) is 0 Å². The van der Waals surface area contributed by atoms with Crippen LogP contribution in [0.1, 0.15) is 25.0 Å². The van der Waals surface area contributed by atoms with Gasteiger partial charge in [-0.15, -0.1) is 0 Å². The molecule has 2 heteroatoms. The molecule has 0 atom stereocenters. The molecule has 1 N–H and O–H groups in total. The van der Waals surface area contributed by atoms with Gasteiger partial charge in [0.1, 0.15) is 5.76 Å². The summed E-state index contributed by atoms with van der Waals surface area (Å²) in [6.07, 6.45) is 7.03. The third kappa shape index (κ3) is 2.59. The lowest BCUT2D eigenvalue weighted by molar-refractivity contribution is 0.301. The molecule has 1 heterocycles. The maximum absolute atomic E-state index is 5.24. The van der Waals surface area contributed by atoms with Gasteiger partial charge in [-0.1, -0.05) is 6.42 Å². The molecule has 2 rings (SSSR count). The minimum Gasteiger partial charge on any atom is -0.469 e. The average molecular weight is 179 g/mol. The Morgan fingerprint density at radius 1 is 1.46 bits per heavy atom. The molecule has 1 aromatic heterocycles. The van der Waals surface area contributed by atoms with Crippen molar-refractivity contribution < 1.29 is 4.42 Å². The van der Waals surface area contributed by atoms with Gasteiger partial charge in [-0.25, -0.2) is 0 Å². The van der Waals surface area contributed by atoms with E-state index in [1.807, 2.05) is 12.1 Å². The summed E-state index contributed by atoms with van der Waals surface area (Å²) in [6.45, 7) is 2.24. The van der Waals surface area contributed by atoms with Crippen LogP contribution in [0, 0.1) is 5.92 Å². The number of hydrogen-bond acceptors (Lipinski definition) is 2. The van der Waals surface area contributed by atoms with E-state index >= 15 is 0 Å². The third-order valence-corrected chi connectivity index (χ3v) is 2.79. The third-order valence-electron chi connectivity index (χ3n) is 2.79. The van der Waals surface area contributed by atoms with Gasteiger partial charge in [-0.3, -0.25) is 0 Å². The fourth-order valence-corrected chi connectivity index (χ4v) is 1.67. The first kappa shape index (κ1) is 8.82. The summed E-state index contributed by atoms with van der Waals surface area (Å²) in [5.41, 5.74) is 0. The van der Waals surface area contributed by atoms with Crippen LogP contribution in [0.2, 0.25) is 0 Å². The highest BCUT2D eigenvalue weighted by Crippen LogP contribution is 2.24. The highest BCUT2D eigenvalue weighted by molar-refractivity contribution is 4.98. The smallest absolute Gasteiger partial charge is 0.105 e. The van der Waals surface area contributed by atoms with E-state index in [2.05, 4.69) is 5.32 Å². The largest absolute Gasteiger partial charge is 0.469 e. The highest BCUT2D eigenvalue weighted by atomic mass is 16.3. The Kier molecular flexibility index (Phi) is 3.03. The van der Waals surface area contributed by atoms with Gasteiger partial charge >= 0.3 is 0 Å². The Morgan fingerprint density at radius 2 is 2.38 bits per heavy atom. The average Bonchev–Trinajstić information content (AvgIpc) is 2.53. The lowest BCUT2D eigenvalue weighted by Crippen LogP contribution is -2.28. The number of hydrogen-bond donors (Lipinski definition) is 1. The van der Waals surface area contributed by atoms with Crippen molar-refractivity contribution >= 4 is 0 Å². The minimum absolute atomic E-state index is 0.955. The summed E-state index contributed by atoms with van der Waals surface area (Å²) in [5.74, 6) is 2.04. The summed E-state index contributed by atoms with van der Waals surface area (Å²) in [4.78, 5) is 0. The number of furan rings is 1. The van der Waals surface area contributed by atoms with Crippen LogP contribution in [0.3, 0.4) is 0 Å². The van der Waals surface area contributed by atoms with E-state index in [-0.39, 0.29) is 0 Å². The molecule has 0 bridgehead atoms. The fraction of sp³-hybridized carbons (Fsp3) is 0.636. The quantitative estimate of drug-likeness (QED) is 0.701. The Balaban J connectivity index is 1.53. The predicted molar refractivity (Wildman–Crippen MR) is 52.6 cm³/mol. The van der Waals surface area contributed by atoms with Crippen LogP contribution >= 0.6 is 0 Å². The molecule has 1 aromatic rings. The van der Waals surface area contributed by atoms with Gasteiger partial charge in [0, 0.05) is 13.0 Å². The molecule has 0 spiro atoms. The SMILES string of the molecule is c1coc(CCNCC2CCC2)c1. The van der Waals surface area contributed by atoms with Gasteiger partial charge in [0.2, 0.25) is 0 Å². The van der Waals surface area contributed by atoms with E-state index in [9.17, 15) is 0 Å². The van der Waals surface area contributed by atoms with Crippen LogP contribution in [0.15, 0.2) is 22.8 Å². The summed E-state index contributed by atoms with van der Waals surface area (Å²) in [7, 11) is 0. The Bertz CT molecular complexity index is 226. The Morgan fingerprint density at radius 3 is 3.00 bits per heavy atom. The fourth-order valence-electron chi connectivity index (χ4n) is 1.67. The molecule has 0 aliphatic heterocycles. The first-order valence-corrected chi connectivity index (χ1v) is 5.18. The van der Waals surface area contributed by atoms with Crippen LogP contribution in [0.4, 0.5) is 0 Å². The van der Waals surface area contributed by atoms with Crippen molar-refractivity contribution in [2.24, 2.45) is 5.92 Å². The zero-order chi connectivity index (χ0) is 8.93. The van der Waals surface area contributed by atoms with Crippen molar-refractivity contribution in [2.75, 3.05) is 13.1 Å². The van der Waals surface area contributed by atoms with E-state index in [1.54, 1.807) is 6.26 Å². The van der Waals surface area contributed by atoms with Crippen molar-refractivity contribution in [3.05, 3.63) is 24.2 Å². The van der Waals surface area contributed by atoms with E-state index in [1.165, 1.54) is 25.8 Å². The molecular formula is C11H17NO. The molecule has 2 nitrogen and oxygen atoms in total. The topological polar surface area (TPSA) is 25.2 Å². The van der Waals surface area contributed by atoms with Crippen molar-refractivity contribution in [1.82, 2.24) is 5.32 Å². The van der Waals surface area contributed by atoms with Crippen molar-refractivity contribution in [3.8, 4) is 0 Å². The summed E-state index contributed by atoms with van der Waals surface area (Å²) in [6, 6.07) is 3.98. The molecule has 72 valence electrons. The van der Waals surface area contributed by atoms with Gasteiger partial charge in [-0.2, -0.15) is 0 Å². The Labute approximate surface area is 79.3 Å². The monoisotopic (exact) mass is 179 g/mol. The van der Waals surface area contributed by atoms with Crippen molar-refractivity contribution in [2.45, 2.75) is 25.7 Å². The second-order valence-corrected chi connectivity index (χ2v) is 3.83. The molecule has 0 saturated heterocycles.